The van der Waals surface area contributed by atoms with Crippen molar-refractivity contribution in [2.45, 2.75) is 25.6 Å². The molecule has 0 radical (unpaired) electrons. The number of carbonyl (C=O) groups excluding carboxylic acids is 1. The number of morpholine rings is 1. The number of benzene rings is 1. The Morgan fingerprint density at radius 1 is 1.55 bits per heavy atom. The first-order chi connectivity index (χ1) is 9.32. The summed E-state index contributed by atoms with van der Waals surface area (Å²) in [5, 5.41) is 19.0. The number of hydrogen-bond acceptors (Lipinski definition) is 4. The van der Waals surface area contributed by atoms with Crippen molar-refractivity contribution >= 4 is 28.5 Å². The van der Waals surface area contributed by atoms with Crippen LogP contribution in [0.15, 0.2) is 18.2 Å². The molecule has 0 aliphatic carbocycles. The summed E-state index contributed by atoms with van der Waals surface area (Å²) in [4.78, 5) is 14.1. The fourth-order valence-electron chi connectivity index (χ4n) is 2.37. The maximum Gasteiger partial charge on any atom is 0.254 e. The van der Waals surface area contributed by atoms with Crippen molar-refractivity contribution in [1.29, 1.82) is 0 Å². The minimum Gasteiger partial charge on any atom is -0.507 e. The number of amides is 1. The van der Waals surface area contributed by atoms with Crippen LogP contribution in [0.1, 0.15) is 24.2 Å². The van der Waals surface area contributed by atoms with Crippen molar-refractivity contribution in [1.82, 2.24) is 4.90 Å². The van der Waals surface area contributed by atoms with Gasteiger partial charge in [0, 0.05) is 18.7 Å². The van der Waals surface area contributed by atoms with E-state index in [1.54, 1.807) is 17.0 Å². The number of halogens is 1. The maximum atomic E-state index is 12.5. The third-order valence-electron chi connectivity index (χ3n) is 3.17. The summed E-state index contributed by atoms with van der Waals surface area (Å²) in [5.74, 6) is -0.0609. The highest BCUT2D eigenvalue weighted by Gasteiger charge is 2.35. The first-order valence-electron chi connectivity index (χ1n) is 6.39. The van der Waals surface area contributed by atoms with E-state index in [0.717, 1.165) is 0 Å². The SMILES string of the molecule is CC1(C)CN(C(=O)c2ccc(I)c(O)c2)CC(CO)O1. The van der Waals surface area contributed by atoms with Crippen LogP contribution >= 0.6 is 22.6 Å². The Kier molecular flexibility index (Phi) is 4.55. The average molecular weight is 391 g/mol. The molecule has 6 heteroatoms. The Labute approximate surface area is 131 Å². The van der Waals surface area contributed by atoms with Crippen LogP contribution in [-0.2, 0) is 4.74 Å². The molecule has 2 rings (SSSR count). The summed E-state index contributed by atoms with van der Waals surface area (Å²) in [5.41, 5.74) is -0.0515. The Morgan fingerprint density at radius 2 is 2.25 bits per heavy atom. The van der Waals surface area contributed by atoms with Crippen molar-refractivity contribution in [2.75, 3.05) is 19.7 Å². The molecule has 0 spiro atoms. The molecule has 1 aromatic rings. The molecule has 0 saturated carbocycles. The molecular weight excluding hydrogens is 373 g/mol. The standard InChI is InChI=1S/C14H18INO4/c1-14(2)8-16(6-10(7-17)20-14)13(19)9-3-4-11(15)12(18)5-9/h3-5,10,17-18H,6-8H2,1-2H3. The van der Waals surface area contributed by atoms with Gasteiger partial charge in [-0.15, -0.1) is 0 Å². The number of aromatic hydroxyl groups is 1. The predicted octanol–water partition coefficient (Wildman–Crippen LogP) is 1.61. The van der Waals surface area contributed by atoms with E-state index in [2.05, 4.69) is 0 Å². The number of rotatable bonds is 2. The van der Waals surface area contributed by atoms with Gasteiger partial charge in [-0.1, -0.05) is 0 Å². The molecule has 1 fully saturated rings. The van der Waals surface area contributed by atoms with E-state index >= 15 is 0 Å². The van der Waals surface area contributed by atoms with Crippen LogP contribution in [0.5, 0.6) is 5.75 Å². The van der Waals surface area contributed by atoms with Crippen molar-refractivity contribution in [3.63, 3.8) is 0 Å². The van der Waals surface area contributed by atoms with Crippen LogP contribution in [-0.4, -0.2) is 52.4 Å². The Hall–Kier alpha value is -0.860. The van der Waals surface area contributed by atoms with Crippen LogP contribution < -0.4 is 0 Å². The number of aliphatic hydroxyl groups is 1. The van der Waals surface area contributed by atoms with Gasteiger partial charge in [-0.3, -0.25) is 4.79 Å². The monoisotopic (exact) mass is 391 g/mol. The van der Waals surface area contributed by atoms with Gasteiger partial charge in [-0.2, -0.15) is 0 Å². The zero-order valence-electron chi connectivity index (χ0n) is 11.5. The molecule has 1 aliphatic heterocycles. The number of ether oxygens (including phenoxy) is 1. The number of phenolic OH excluding ortho intramolecular Hbond substituents is 1. The first-order valence-corrected chi connectivity index (χ1v) is 7.47. The van der Waals surface area contributed by atoms with Gasteiger partial charge in [0.25, 0.3) is 5.91 Å². The topological polar surface area (TPSA) is 70.0 Å². The number of hydrogen-bond donors (Lipinski definition) is 2. The summed E-state index contributed by atoms with van der Waals surface area (Å²) in [6, 6.07) is 4.87. The molecule has 2 N–H and O–H groups in total. The summed E-state index contributed by atoms with van der Waals surface area (Å²) in [6.45, 7) is 4.47. The highest BCUT2D eigenvalue weighted by Crippen LogP contribution is 2.25. The summed E-state index contributed by atoms with van der Waals surface area (Å²) in [7, 11) is 0. The average Bonchev–Trinajstić information content (AvgIpc) is 2.39. The van der Waals surface area contributed by atoms with E-state index in [0.29, 0.717) is 22.2 Å². The number of nitrogens with zero attached hydrogens (tertiary/aromatic N) is 1. The number of aliphatic hydroxyl groups excluding tert-OH is 1. The third-order valence-corrected chi connectivity index (χ3v) is 4.08. The van der Waals surface area contributed by atoms with Crippen molar-refractivity contribution < 1.29 is 19.7 Å². The molecule has 1 amide bonds. The van der Waals surface area contributed by atoms with Crippen LogP contribution in [0.25, 0.3) is 0 Å². The molecule has 0 aromatic heterocycles. The Morgan fingerprint density at radius 3 is 2.85 bits per heavy atom. The second kappa shape index (κ2) is 5.87. The van der Waals surface area contributed by atoms with Crippen LogP contribution in [0.2, 0.25) is 0 Å². The van der Waals surface area contributed by atoms with Gasteiger partial charge in [0.05, 0.1) is 21.9 Å². The molecule has 1 aromatic carbocycles. The fourth-order valence-corrected chi connectivity index (χ4v) is 2.71. The Bertz CT molecular complexity index is 518. The van der Waals surface area contributed by atoms with E-state index in [1.165, 1.54) is 6.07 Å². The lowest BCUT2D eigenvalue weighted by Gasteiger charge is -2.42. The van der Waals surface area contributed by atoms with Gasteiger partial charge in [-0.05, 0) is 54.6 Å². The van der Waals surface area contributed by atoms with Crippen LogP contribution in [0, 0.1) is 3.57 Å². The van der Waals surface area contributed by atoms with E-state index in [1.807, 2.05) is 36.4 Å². The van der Waals surface area contributed by atoms with Crippen LogP contribution in [0.3, 0.4) is 0 Å². The van der Waals surface area contributed by atoms with E-state index in [-0.39, 0.29) is 24.4 Å². The molecule has 1 unspecified atom stereocenters. The van der Waals surface area contributed by atoms with E-state index in [9.17, 15) is 15.0 Å². The smallest absolute Gasteiger partial charge is 0.254 e. The molecule has 20 heavy (non-hydrogen) atoms. The van der Waals surface area contributed by atoms with Gasteiger partial charge >= 0.3 is 0 Å². The van der Waals surface area contributed by atoms with Crippen molar-refractivity contribution in [3.8, 4) is 5.75 Å². The zero-order chi connectivity index (χ0) is 14.9. The molecule has 1 aliphatic rings. The second-order valence-corrected chi connectivity index (χ2v) is 6.70. The second-order valence-electron chi connectivity index (χ2n) is 5.53. The summed E-state index contributed by atoms with van der Waals surface area (Å²) >= 11 is 2.01. The number of phenols is 1. The Balaban J connectivity index is 2.21. The van der Waals surface area contributed by atoms with Gasteiger partial charge in [0.15, 0.2) is 0 Å². The molecule has 1 heterocycles. The minimum atomic E-state index is -0.493. The van der Waals surface area contributed by atoms with Gasteiger partial charge in [0.2, 0.25) is 0 Å². The fraction of sp³-hybridized carbons (Fsp3) is 0.500. The molecule has 0 bridgehead atoms. The predicted molar refractivity (Wildman–Crippen MR) is 82.8 cm³/mol. The summed E-state index contributed by atoms with van der Waals surface area (Å²) in [6.07, 6.45) is -0.375. The van der Waals surface area contributed by atoms with E-state index < -0.39 is 5.60 Å². The summed E-state index contributed by atoms with van der Waals surface area (Å²) < 4.78 is 6.39. The first kappa shape index (κ1) is 15.5. The number of carbonyl (C=O) groups is 1. The quantitative estimate of drug-likeness (QED) is 0.752. The molecular formula is C14H18INO4. The van der Waals surface area contributed by atoms with Crippen LogP contribution in [0.4, 0.5) is 0 Å². The van der Waals surface area contributed by atoms with Crippen molar-refractivity contribution in [3.05, 3.63) is 27.3 Å². The van der Waals surface area contributed by atoms with Gasteiger partial charge in [-0.25, -0.2) is 0 Å². The molecule has 110 valence electrons. The third kappa shape index (κ3) is 3.42. The molecule has 1 atom stereocenters. The maximum absolute atomic E-state index is 12.5. The zero-order valence-corrected chi connectivity index (χ0v) is 13.6. The lowest BCUT2D eigenvalue weighted by Crippen LogP contribution is -2.55. The minimum absolute atomic E-state index is 0.0997. The highest BCUT2D eigenvalue weighted by atomic mass is 127. The molecule has 1 saturated heterocycles. The lowest BCUT2D eigenvalue weighted by molar-refractivity contribution is -0.139. The normalized spacial score (nSPS) is 21.8. The largest absolute Gasteiger partial charge is 0.507 e. The van der Waals surface area contributed by atoms with E-state index in [4.69, 9.17) is 4.74 Å². The van der Waals surface area contributed by atoms with Gasteiger partial charge in [0.1, 0.15) is 5.75 Å². The highest BCUT2D eigenvalue weighted by molar-refractivity contribution is 14.1. The lowest BCUT2D eigenvalue weighted by atomic mass is 10.0. The van der Waals surface area contributed by atoms with Gasteiger partial charge < -0.3 is 19.8 Å². The van der Waals surface area contributed by atoms with Crippen molar-refractivity contribution in [2.24, 2.45) is 0 Å². The molecule has 5 nitrogen and oxygen atoms in total.